The highest BCUT2D eigenvalue weighted by atomic mass is 35.5. The van der Waals surface area contributed by atoms with E-state index in [4.69, 9.17) is 11.6 Å². The Morgan fingerprint density at radius 3 is 2.84 bits per heavy atom. The molecule has 0 aliphatic carbocycles. The number of rotatable bonds is 7. The van der Waals surface area contributed by atoms with Gasteiger partial charge < -0.3 is 10.2 Å². The van der Waals surface area contributed by atoms with E-state index in [0.29, 0.717) is 12.0 Å². The number of urea groups is 1. The van der Waals surface area contributed by atoms with Gasteiger partial charge >= 0.3 is 6.03 Å². The maximum atomic E-state index is 13.2. The molecule has 4 rings (SSSR count). The van der Waals surface area contributed by atoms with E-state index < -0.39 is 23.1 Å². The standard InChI is InChI=1S/C21H19ClFN3O3S2/c22-16-10-14(23)4-3-13(16)11-24-18(27)12-26-17-6-9-31-19(17)20(28)25(21(26)29)7-5-15-2-1-8-30-15/h1-4,6,8-10,17,19H,5,7,11-12H2,(H,24,27). The van der Waals surface area contributed by atoms with Gasteiger partial charge in [-0.3, -0.25) is 14.5 Å². The van der Waals surface area contributed by atoms with Gasteiger partial charge in [-0.1, -0.05) is 29.8 Å². The molecular formula is C21H19ClFN3O3S2. The normalized spacial score (nSPS) is 20.3. The van der Waals surface area contributed by atoms with Gasteiger partial charge in [0.15, 0.2) is 0 Å². The van der Waals surface area contributed by atoms with Crippen LogP contribution in [0.25, 0.3) is 0 Å². The number of hydrogen-bond acceptors (Lipinski definition) is 5. The van der Waals surface area contributed by atoms with Crippen molar-refractivity contribution < 1.29 is 18.8 Å². The first kappa shape index (κ1) is 21.9. The molecule has 1 saturated heterocycles. The van der Waals surface area contributed by atoms with Crippen molar-refractivity contribution in [3.63, 3.8) is 0 Å². The Bertz CT molecular complexity index is 1030. The van der Waals surface area contributed by atoms with E-state index >= 15 is 0 Å². The number of imide groups is 1. The molecule has 0 spiro atoms. The first-order chi connectivity index (χ1) is 14.9. The first-order valence-corrected chi connectivity index (χ1v) is 11.8. The Hall–Kier alpha value is -2.36. The van der Waals surface area contributed by atoms with Crippen LogP contribution in [0.1, 0.15) is 10.4 Å². The molecular weight excluding hydrogens is 461 g/mol. The van der Waals surface area contributed by atoms with Crippen molar-refractivity contribution in [3.8, 4) is 0 Å². The van der Waals surface area contributed by atoms with Crippen molar-refractivity contribution in [2.45, 2.75) is 24.3 Å². The van der Waals surface area contributed by atoms with Gasteiger partial charge in [-0.15, -0.1) is 23.1 Å². The second kappa shape index (κ2) is 9.42. The molecule has 2 unspecified atom stereocenters. The van der Waals surface area contributed by atoms with Gasteiger partial charge in [0, 0.05) is 23.0 Å². The summed E-state index contributed by atoms with van der Waals surface area (Å²) in [5.41, 5.74) is 0.573. The lowest BCUT2D eigenvalue weighted by atomic mass is 10.1. The summed E-state index contributed by atoms with van der Waals surface area (Å²) in [4.78, 5) is 42.3. The number of thioether (sulfide) groups is 1. The predicted octanol–water partition coefficient (Wildman–Crippen LogP) is 3.66. The summed E-state index contributed by atoms with van der Waals surface area (Å²) in [5, 5.41) is 6.24. The zero-order chi connectivity index (χ0) is 22.0. The highest BCUT2D eigenvalue weighted by Crippen LogP contribution is 2.34. The third-order valence-corrected chi connectivity index (χ3v) is 7.50. The van der Waals surface area contributed by atoms with E-state index in [0.717, 1.165) is 4.88 Å². The molecule has 3 heterocycles. The molecule has 0 saturated carbocycles. The number of carbonyl (C=O) groups is 3. The topological polar surface area (TPSA) is 69.7 Å². The summed E-state index contributed by atoms with van der Waals surface area (Å²) in [6.07, 6.45) is 2.36. The Labute approximate surface area is 192 Å². The van der Waals surface area contributed by atoms with E-state index in [1.54, 1.807) is 22.8 Å². The maximum Gasteiger partial charge on any atom is 0.327 e. The van der Waals surface area contributed by atoms with Crippen LogP contribution in [0.4, 0.5) is 9.18 Å². The second-order valence-electron chi connectivity index (χ2n) is 7.12. The Balaban J connectivity index is 1.42. The number of fused-ring (bicyclic) bond motifs is 1. The number of hydrogen-bond donors (Lipinski definition) is 1. The quantitative estimate of drug-likeness (QED) is 0.658. The number of halogens is 2. The van der Waals surface area contributed by atoms with Crippen LogP contribution >= 0.6 is 34.7 Å². The number of nitrogens with zero attached hydrogens (tertiary/aromatic N) is 2. The molecule has 1 N–H and O–H groups in total. The van der Waals surface area contributed by atoms with Gasteiger partial charge in [-0.05, 0) is 41.0 Å². The lowest BCUT2D eigenvalue weighted by Crippen LogP contribution is -2.63. The van der Waals surface area contributed by atoms with Gasteiger partial charge in [0.1, 0.15) is 17.6 Å². The minimum Gasteiger partial charge on any atom is -0.350 e. The van der Waals surface area contributed by atoms with E-state index in [2.05, 4.69) is 5.32 Å². The summed E-state index contributed by atoms with van der Waals surface area (Å²) in [6.45, 7) is 0.192. The number of nitrogens with one attached hydrogen (secondary N) is 1. The summed E-state index contributed by atoms with van der Waals surface area (Å²) in [5.74, 6) is -1.07. The number of carbonyl (C=O) groups excluding carboxylic acids is 3. The van der Waals surface area contributed by atoms with Crippen LogP contribution in [0, 0.1) is 5.82 Å². The average molecular weight is 480 g/mol. The molecule has 10 heteroatoms. The van der Waals surface area contributed by atoms with E-state index in [1.165, 1.54) is 39.8 Å². The highest BCUT2D eigenvalue weighted by Gasteiger charge is 2.47. The largest absolute Gasteiger partial charge is 0.350 e. The Morgan fingerprint density at radius 1 is 1.26 bits per heavy atom. The Kier molecular flexibility index (Phi) is 6.64. The van der Waals surface area contributed by atoms with Crippen molar-refractivity contribution in [2.24, 2.45) is 0 Å². The van der Waals surface area contributed by atoms with Gasteiger partial charge in [0.25, 0.3) is 0 Å². The van der Waals surface area contributed by atoms with Gasteiger partial charge in [0.05, 0.1) is 6.04 Å². The third kappa shape index (κ3) is 4.78. The number of benzene rings is 1. The monoisotopic (exact) mass is 479 g/mol. The minimum absolute atomic E-state index is 0.111. The highest BCUT2D eigenvalue weighted by molar-refractivity contribution is 8.03. The molecule has 162 valence electrons. The van der Waals surface area contributed by atoms with Crippen molar-refractivity contribution in [1.29, 1.82) is 0 Å². The zero-order valence-electron chi connectivity index (χ0n) is 16.3. The summed E-state index contributed by atoms with van der Waals surface area (Å²) >= 11 is 8.93. The van der Waals surface area contributed by atoms with E-state index in [9.17, 15) is 18.8 Å². The lowest BCUT2D eigenvalue weighted by Gasteiger charge is -2.40. The molecule has 1 aromatic heterocycles. The second-order valence-corrected chi connectivity index (χ2v) is 9.61. The number of amides is 4. The molecule has 6 nitrogen and oxygen atoms in total. The van der Waals surface area contributed by atoms with Crippen molar-refractivity contribution in [1.82, 2.24) is 15.1 Å². The molecule has 31 heavy (non-hydrogen) atoms. The lowest BCUT2D eigenvalue weighted by molar-refractivity contribution is -0.133. The smallest absolute Gasteiger partial charge is 0.327 e. The summed E-state index contributed by atoms with van der Waals surface area (Å²) in [7, 11) is 0. The van der Waals surface area contributed by atoms with Crippen molar-refractivity contribution in [3.05, 3.63) is 68.5 Å². The Morgan fingerprint density at radius 2 is 2.10 bits per heavy atom. The van der Waals surface area contributed by atoms with Crippen LogP contribution in [0.15, 0.2) is 47.2 Å². The predicted molar refractivity (Wildman–Crippen MR) is 119 cm³/mol. The molecule has 2 atom stereocenters. The molecule has 4 amide bonds. The van der Waals surface area contributed by atoms with Crippen LogP contribution < -0.4 is 5.32 Å². The van der Waals surface area contributed by atoms with Gasteiger partial charge in [0.2, 0.25) is 11.8 Å². The SMILES string of the molecule is O=C(CN1C(=O)N(CCc2cccs2)C(=O)C2SC=CC21)NCc1ccc(F)cc1Cl. The maximum absolute atomic E-state index is 13.2. The molecule has 2 aromatic rings. The van der Waals surface area contributed by atoms with Crippen molar-refractivity contribution in [2.75, 3.05) is 13.1 Å². The van der Waals surface area contributed by atoms with Crippen LogP contribution in [0.5, 0.6) is 0 Å². The van der Waals surface area contributed by atoms with Gasteiger partial charge in [-0.2, -0.15) is 0 Å². The minimum atomic E-state index is -0.468. The first-order valence-electron chi connectivity index (χ1n) is 9.61. The molecule has 1 fully saturated rings. The zero-order valence-corrected chi connectivity index (χ0v) is 18.7. The number of thiophene rings is 1. The molecule has 0 radical (unpaired) electrons. The fraction of sp³-hybridized carbons (Fsp3) is 0.286. The van der Waals surface area contributed by atoms with Gasteiger partial charge in [-0.25, -0.2) is 9.18 Å². The molecule has 2 aliphatic heterocycles. The summed E-state index contributed by atoms with van der Waals surface area (Å²) < 4.78 is 13.2. The average Bonchev–Trinajstić information content (AvgIpc) is 3.42. The summed E-state index contributed by atoms with van der Waals surface area (Å²) in [6, 6.07) is 6.92. The molecule has 0 bridgehead atoms. The van der Waals surface area contributed by atoms with E-state index in [-0.39, 0.29) is 36.5 Å². The van der Waals surface area contributed by atoms with Crippen LogP contribution in [0.3, 0.4) is 0 Å². The fourth-order valence-electron chi connectivity index (χ4n) is 3.52. The van der Waals surface area contributed by atoms with Crippen molar-refractivity contribution >= 4 is 52.5 Å². The third-order valence-electron chi connectivity index (χ3n) is 5.12. The van der Waals surface area contributed by atoms with E-state index in [1.807, 2.05) is 17.5 Å². The van der Waals surface area contributed by atoms with Crippen LogP contribution in [-0.4, -0.2) is 52.0 Å². The molecule has 1 aromatic carbocycles. The van der Waals surface area contributed by atoms with Crippen LogP contribution in [0.2, 0.25) is 5.02 Å². The van der Waals surface area contributed by atoms with Crippen LogP contribution in [-0.2, 0) is 22.6 Å². The molecule has 2 aliphatic rings. The fourth-order valence-corrected chi connectivity index (χ4v) is 5.51.